The molecule has 1 aromatic carbocycles. The third-order valence-electron chi connectivity index (χ3n) is 3.09. The normalized spacial score (nSPS) is 15.4. The van der Waals surface area contributed by atoms with E-state index >= 15 is 0 Å². The zero-order valence-corrected chi connectivity index (χ0v) is 12.0. The predicted molar refractivity (Wildman–Crippen MR) is 73.7 cm³/mol. The second kappa shape index (κ2) is 6.57. The van der Waals surface area contributed by atoms with E-state index < -0.39 is 42.6 Å². The van der Waals surface area contributed by atoms with Crippen molar-refractivity contribution < 1.29 is 31.1 Å². The molecule has 3 N–H and O–H groups in total. The third-order valence-corrected chi connectivity index (χ3v) is 3.09. The number of hydrazone groups is 1. The smallest absolute Gasteiger partial charge is 0.384 e. The molecule has 1 heterocycles. The van der Waals surface area contributed by atoms with Crippen molar-refractivity contribution in [3.8, 4) is 0 Å². The van der Waals surface area contributed by atoms with Gasteiger partial charge in [-0.3, -0.25) is 0 Å². The van der Waals surface area contributed by atoms with Gasteiger partial charge in [0, 0.05) is 17.8 Å². The number of amides is 2. The molecule has 0 saturated carbocycles. The number of nitrogens with one attached hydrogen (secondary N) is 3. The Labute approximate surface area is 132 Å². The van der Waals surface area contributed by atoms with E-state index in [0.717, 1.165) is 12.1 Å². The Morgan fingerprint density at radius 1 is 1.17 bits per heavy atom. The minimum Gasteiger partial charge on any atom is -0.384 e. The van der Waals surface area contributed by atoms with E-state index in [-0.39, 0.29) is 17.8 Å². The Morgan fingerprint density at radius 3 is 2.42 bits per heavy atom. The van der Waals surface area contributed by atoms with Crippen LogP contribution in [-0.4, -0.2) is 31.0 Å². The highest BCUT2D eigenvalue weighted by Gasteiger charge is 2.35. The van der Waals surface area contributed by atoms with Gasteiger partial charge in [0.2, 0.25) is 0 Å². The molecule has 132 valence electrons. The summed E-state index contributed by atoms with van der Waals surface area (Å²) in [7, 11) is 0. The molecule has 5 nitrogen and oxygen atoms in total. The largest absolute Gasteiger partial charge is 0.418 e. The molecule has 0 radical (unpaired) electrons. The molecule has 0 aliphatic carbocycles. The SMILES string of the molecule is O=C1NCC(c2ccc(NCCC(F)(F)F)c(C(F)(F)F)c2)=NN1. The monoisotopic (exact) mass is 354 g/mol. The summed E-state index contributed by atoms with van der Waals surface area (Å²) in [4.78, 5) is 10.9. The molecule has 2 amide bonds. The molecule has 1 aliphatic rings. The van der Waals surface area contributed by atoms with Gasteiger partial charge in [-0.25, -0.2) is 10.2 Å². The molecule has 0 saturated heterocycles. The van der Waals surface area contributed by atoms with Gasteiger partial charge in [-0.05, 0) is 12.1 Å². The summed E-state index contributed by atoms with van der Waals surface area (Å²) in [6.07, 6.45) is -10.5. The summed E-state index contributed by atoms with van der Waals surface area (Å²) in [6, 6.07) is 2.50. The number of carbonyl (C=O) groups is 1. The molecule has 11 heteroatoms. The van der Waals surface area contributed by atoms with E-state index in [1.54, 1.807) is 0 Å². The number of halogens is 6. The van der Waals surface area contributed by atoms with Gasteiger partial charge >= 0.3 is 18.4 Å². The number of rotatable bonds is 4. The quantitative estimate of drug-likeness (QED) is 0.728. The minimum atomic E-state index is -4.76. The highest BCUT2D eigenvalue weighted by atomic mass is 19.4. The zero-order chi connectivity index (χ0) is 18.0. The van der Waals surface area contributed by atoms with E-state index in [4.69, 9.17) is 0 Å². The second-order valence-electron chi connectivity index (χ2n) is 4.90. The van der Waals surface area contributed by atoms with Crippen LogP contribution in [0.1, 0.15) is 17.5 Å². The van der Waals surface area contributed by atoms with Crippen molar-refractivity contribution in [3.63, 3.8) is 0 Å². The maximum Gasteiger partial charge on any atom is 0.418 e. The van der Waals surface area contributed by atoms with Crippen molar-refractivity contribution in [3.05, 3.63) is 29.3 Å². The number of nitrogens with zero attached hydrogens (tertiary/aromatic N) is 1. The standard InChI is InChI=1S/C13H12F6N4O/c14-12(15,16)3-4-20-9-2-1-7(5-8(9)13(17,18)19)10-6-21-11(24)23-22-10/h1-2,5,20H,3-4,6H2,(H2,21,23,24). The highest BCUT2D eigenvalue weighted by molar-refractivity contribution is 6.05. The van der Waals surface area contributed by atoms with Gasteiger partial charge in [-0.1, -0.05) is 6.07 Å². The van der Waals surface area contributed by atoms with Crippen molar-refractivity contribution in [1.82, 2.24) is 10.7 Å². The average Bonchev–Trinajstić information content (AvgIpc) is 2.46. The number of benzene rings is 1. The summed E-state index contributed by atoms with van der Waals surface area (Å²) in [5, 5.41) is 8.15. The fourth-order valence-corrected chi connectivity index (χ4v) is 1.98. The fraction of sp³-hybridized carbons (Fsp3) is 0.385. The van der Waals surface area contributed by atoms with E-state index in [0.29, 0.717) is 0 Å². The topological polar surface area (TPSA) is 65.5 Å². The van der Waals surface area contributed by atoms with Gasteiger partial charge in [0.1, 0.15) is 0 Å². The van der Waals surface area contributed by atoms with Crippen molar-refractivity contribution >= 4 is 17.4 Å². The van der Waals surface area contributed by atoms with E-state index in [2.05, 4.69) is 21.2 Å². The van der Waals surface area contributed by atoms with E-state index in [1.807, 2.05) is 0 Å². The summed E-state index contributed by atoms with van der Waals surface area (Å²) in [5.41, 5.74) is 0.768. The first kappa shape index (κ1) is 17.9. The lowest BCUT2D eigenvalue weighted by Gasteiger charge is -2.18. The molecule has 0 spiro atoms. The first-order chi connectivity index (χ1) is 11.1. The van der Waals surface area contributed by atoms with Crippen LogP contribution in [0.4, 0.5) is 36.8 Å². The Morgan fingerprint density at radius 2 is 1.88 bits per heavy atom. The molecule has 24 heavy (non-hydrogen) atoms. The number of hydrogen-bond donors (Lipinski definition) is 3. The minimum absolute atomic E-state index is 0.0655. The van der Waals surface area contributed by atoms with Crippen molar-refractivity contribution in [2.45, 2.75) is 18.8 Å². The molecular weight excluding hydrogens is 342 g/mol. The lowest BCUT2D eigenvalue weighted by Crippen LogP contribution is -2.42. The maximum absolute atomic E-state index is 13.1. The lowest BCUT2D eigenvalue weighted by molar-refractivity contribution is -0.137. The second-order valence-corrected chi connectivity index (χ2v) is 4.90. The Balaban J connectivity index is 2.24. The predicted octanol–water partition coefficient (Wildman–Crippen LogP) is 3.09. The van der Waals surface area contributed by atoms with Crippen molar-refractivity contribution in [2.75, 3.05) is 18.4 Å². The number of alkyl halides is 6. The molecule has 0 atom stereocenters. The van der Waals surface area contributed by atoms with Gasteiger partial charge in [0.15, 0.2) is 0 Å². The van der Waals surface area contributed by atoms with Gasteiger partial charge in [0.05, 0.1) is 24.2 Å². The fourth-order valence-electron chi connectivity index (χ4n) is 1.98. The van der Waals surface area contributed by atoms with Gasteiger partial charge in [-0.15, -0.1) is 0 Å². The Hall–Kier alpha value is -2.46. The van der Waals surface area contributed by atoms with E-state index in [1.165, 1.54) is 6.07 Å². The van der Waals surface area contributed by atoms with Gasteiger partial charge < -0.3 is 10.6 Å². The highest BCUT2D eigenvalue weighted by Crippen LogP contribution is 2.36. The third kappa shape index (κ3) is 4.77. The number of urea groups is 1. The van der Waals surface area contributed by atoms with Crippen molar-refractivity contribution in [1.29, 1.82) is 0 Å². The maximum atomic E-state index is 13.1. The molecule has 0 aromatic heterocycles. The van der Waals surface area contributed by atoms with Crippen LogP contribution < -0.4 is 16.1 Å². The van der Waals surface area contributed by atoms with Crippen LogP contribution in [0.25, 0.3) is 0 Å². The molecule has 1 aliphatic heterocycles. The average molecular weight is 354 g/mol. The lowest BCUT2D eigenvalue weighted by atomic mass is 10.0. The summed E-state index contributed by atoms with van der Waals surface area (Å²) >= 11 is 0. The van der Waals surface area contributed by atoms with Gasteiger partial charge in [-0.2, -0.15) is 31.4 Å². The molecule has 2 rings (SSSR count). The van der Waals surface area contributed by atoms with E-state index in [9.17, 15) is 31.1 Å². The van der Waals surface area contributed by atoms with Crippen molar-refractivity contribution in [2.24, 2.45) is 5.10 Å². The van der Waals surface area contributed by atoms with Crippen LogP contribution in [0.15, 0.2) is 23.3 Å². The number of carbonyl (C=O) groups excluding carboxylic acids is 1. The summed E-state index contributed by atoms with van der Waals surface area (Å²) in [5.74, 6) is 0. The van der Waals surface area contributed by atoms with Crippen LogP contribution in [-0.2, 0) is 6.18 Å². The Bertz CT molecular complexity index is 653. The van der Waals surface area contributed by atoms with Crippen LogP contribution in [0, 0.1) is 0 Å². The number of anilines is 1. The van der Waals surface area contributed by atoms with Crippen LogP contribution in [0.3, 0.4) is 0 Å². The Kier molecular flexibility index (Phi) is 4.90. The van der Waals surface area contributed by atoms with Crippen LogP contribution in [0.2, 0.25) is 0 Å². The number of hydrogen-bond acceptors (Lipinski definition) is 3. The molecule has 1 aromatic rings. The molecule has 0 fully saturated rings. The molecular formula is C13H12F6N4O. The zero-order valence-electron chi connectivity index (χ0n) is 12.0. The van der Waals surface area contributed by atoms with Gasteiger partial charge in [0.25, 0.3) is 0 Å². The van der Waals surface area contributed by atoms with Crippen LogP contribution >= 0.6 is 0 Å². The molecule has 0 bridgehead atoms. The first-order valence-corrected chi connectivity index (χ1v) is 6.69. The summed E-state index contributed by atoms with van der Waals surface area (Å²) < 4.78 is 75.7. The summed E-state index contributed by atoms with van der Waals surface area (Å²) in [6.45, 7) is -0.742. The molecule has 0 unspecified atom stereocenters. The van der Waals surface area contributed by atoms with Crippen LogP contribution in [0.5, 0.6) is 0 Å². The first-order valence-electron chi connectivity index (χ1n) is 6.69.